The van der Waals surface area contributed by atoms with Gasteiger partial charge in [-0.05, 0) is 24.3 Å². The summed E-state index contributed by atoms with van der Waals surface area (Å²) in [6.45, 7) is 0. The number of nitrogens with zero attached hydrogens (tertiary/aromatic N) is 2. The van der Waals surface area contributed by atoms with Gasteiger partial charge in [-0.3, -0.25) is 10.2 Å². The van der Waals surface area contributed by atoms with Crippen LogP contribution in [0.4, 0.5) is 0 Å². The van der Waals surface area contributed by atoms with Crippen LogP contribution in [0.25, 0.3) is 11.5 Å². The van der Waals surface area contributed by atoms with Gasteiger partial charge in [0.15, 0.2) is 0 Å². The van der Waals surface area contributed by atoms with Crippen molar-refractivity contribution in [1.82, 2.24) is 15.6 Å². The van der Waals surface area contributed by atoms with E-state index in [1.165, 1.54) is 0 Å². The van der Waals surface area contributed by atoms with Gasteiger partial charge in [-0.2, -0.15) is 0 Å². The van der Waals surface area contributed by atoms with Crippen LogP contribution in [-0.4, -0.2) is 23.2 Å². The van der Waals surface area contributed by atoms with Gasteiger partial charge in [0, 0.05) is 5.56 Å². The van der Waals surface area contributed by atoms with E-state index in [4.69, 9.17) is 15.0 Å². The van der Waals surface area contributed by atoms with Crippen molar-refractivity contribution in [3.8, 4) is 17.2 Å². The molecule has 0 aliphatic carbocycles. The number of nitrogens with one attached hydrogen (secondary N) is 1. The molecule has 1 amide bonds. The number of benzene rings is 1. The van der Waals surface area contributed by atoms with E-state index in [0.29, 0.717) is 5.89 Å². The van der Waals surface area contributed by atoms with Gasteiger partial charge in [0.05, 0.1) is 7.11 Å². The van der Waals surface area contributed by atoms with E-state index >= 15 is 0 Å². The minimum absolute atomic E-state index is 0.0420. The van der Waals surface area contributed by atoms with Crippen molar-refractivity contribution >= 4 is 5.91 Å². The molecule has 0 saturated carbocycles. The highest BCUT2D eigenvalue weighted by Gasteiger charge is 2.11. The molecular weight excluding hydrogens is 236 g/mol. The summed E-state index contributed by atoms with van der Waals surface area (Å²) in [4.78, 5) is 11.0. The summed E-state index contributed by atoms with van der Waals surface area (Å²) in [6, 6.07) is 7.15. The third-order valence-corrected chi connectivity index (χ3v) is 2.28. The van der Waals surface area contributed by atoms with Crippen molar-refractivity contribution in [2.24, 2.45) is 5.84 Å². The van der Waals surface area contributed by atoms with E-state index in [2.05, 4.69) is 10.2 Å². The minimum Gasteiger partial charge on any atom is -0.497 e. The molecule has 2 aromatic rings. The van der Waals surface area contributed by atoms with Gasteiger partial charge >= 0.3 is 0 Å². The molecule has 0 spiro atoms. The van der Waals surface area contributed by atoms with E-state index < -0.39 is 0 Å². The fourth-order valence-electron chi connectivity index (χ4n) is 1.36. The third kappa shape index (κ3) is 2.64. The number of ether oxygens (including phenoxy) is 1. The average Bonchev–Trinajstić information content (AvgIpc) is 2.87. The van der Waals surface area contributed by atoms with Crippen LogP contribution in [0.5, 0.6) is 5.75 Å². The Labute approximate surface area is 103 Å². The Hall–Kier alpha value is -2.41. The predicted octanol–water partition coefficient (Wildman–Crippen LogP) is 0.278. The molecule has 0 aliphatic rings. The molecule has 94 valence electrons. The molecule has 0 fully saturated rings. The topological polar surface area (TPSA) is 103 Å². The zero-order chi connectivity index (χ0) is 13.0. The molecule has 0 unspecified atom stereocenters. The summed E-state index contributed by atoms with van der Waals surface area (Å²) >= 11 is 0. The Morgan fingerprint density at radius 1 is 1.39 bits per heavy atom. The number of nitrogens with two attached hydrogens (primary N) is 1. The molecule has 0 radical (unpaired) electrons. The van der Waals surface area contributed by atoms with Crippen molar-refractivity contribution < 1.29 is 13.9 Å². The Balaban J connectivity index is 2.15. The largest absolute Gasteiger partial charge is 0.497 e. The summed E-state index contributed by atoms with van der Waals surface area (Å²) in [6.07, 6.45) is -0.0420. The fraction of sp³-hybridized carbons (Fsp3) is 0.182. The lowest BCUT2D eigenvalue weighted by atomic mass is 10.2. The number of carbonyl (C=O) groups excluding carboxylic acids is 1. The first-order valence-corrected chi connectivity index (χ1v) is 5.19. The highest BCUT2D eigenvalue weighted by Crippen LogP contribution is 2.21. The van der Waals surface area contributed by atoms with Crippen LogP contribution in [0.1, 0.15) is 5.89 Å². The summed E-state index contributed by atoms with van der Waals surface area (Å²) in [7, 11) is 1.59. The normalized spacial score (nSPS) is 10.1. The Morgan fingerprint density at radius 3 is 2.72 bits per heavy atom. The van der Waals surface area contributed by atoms with Gasteiger partial charge < -0.3 is 9.15 Å². The highest BCUT2D eigenvalue weighted by atomic mass is 16.5. The number of methoxy groups -OCH3 is 1. The van der Waals surface area contributed by atoms with Crippen LogP contribution in [0, 0.1) is 0 Å². The first-order valence-electron chi connectivity index (χ1n) is 5.19. The second-order valence-electron chi connectivity index (χ2n) is 3.47. The van der Waals surface area contributed by atoms with Crippen molar-refractivity contribution in [2.75, 3.05) is 7.11 Å². The fourth-order valence-corrected chi connectivity index (χ4v) is 1.36. The summed E-state index contributed by atoms with van der Waals surface area (Å²) in [5.41, 5.74) is 2.75. The number of aromatic nitrogens is 2. The van der Waals surface area contributed by atoms with Crippen molar-refractivity contribution in [2.45, 2.75) is 6.42 Å². The number of hydrogen-bond acceptors (Lipinski definition) is 6. The number of carbonyl (C=O) groups is 1. The second-order valence-corrected chi connectivity index (χ2v) is 3.47. The molecule has 2 rings (SSSR count). The van der Waals surface area contributed by atoms with Crippen LogP contribution in [-0.2, 0) is 11.2 Å². The zero-order valence-corrected chi connectivity index (χ0v) is 9.71. The van der Waals surface area contributed by atoms with Crippen molar-refractivity contribution in [1.29, 1.82) is 0 Å². The van der Waals surface area contributed by atoms with E-state index in [0.717, 1.165) is 11.3 Å². The second kappa shape index (κ2) is 5.28. The van der Waals surface area contributed by atoms with Crippen LogP contribution < -0.4 is 16.0 Å². The molecular formula is C11H12N4O3. The molecule has 3 N–H and O–H groups in total. The lowest BCUT2D eigenvalue weighted by Crippen LogP contribution is -2.31. The van der Waals surface area contributed by atoms with Crippen molar-refractivity contribution in [3.05, 3.63) is 30.2 Å². The first kappa shape index (κ1) is 12.1. The van der Waals surface area contributed by atoms with E-state index in [9.17, 15) is 4.79 Å². The molecule has 0 bridgehead atoms. The molecule has 7 heteroatoms. The molecule has 1 aromatic heterocycles. The zero-order valence-electron chi connectivity index (χ0n) is 9.71. The van der Waals surface area contributed by atoms with E-state index in [1.807, 2.05) is 5.43 Å². The number of hydrogen-bond donors (Lipinski definition) is 2. The third-order valence-electron chi connectivity index (χ3n) is 2.28. The standard InChI is InChI=1S/C11H12N4O3/c1-17-8-4-2-7(3-5-8)11-15-14-10(18-11)6-9(16)13-12/h2-5H,6,12H2,1H3,(H,13,16). The van der Waals surface area contributed by atoms with Crippen molar-refractivity contribution in [3.63, 3.8) is 0 Å². The number of hydrazine groups is 1. The summed E-state index contributed by atoms with van der Waals surface area (Å²) in [5, 5.41) is 7.61. The Kier molecular flexibility index (Phi) is 3.54. The maximum absolute atomic E-state index is 11.0. The molecule has 0 saturated heterocycles. The molecule has 0 atom stereocenters. The van der Waals surface area contributed by atoms with Gasteiger partial charge in [0.25, 0.3) is 0 Å². The van der Waals surface area contributed by atoms with Gasteiger partial charge in [0.1, 0.15) is 12.2 Å². The monoisotopic (exact) mass is 248 g/mol. The number of amides is 1. The predicted molar refractivity (Wildman–Crippen MR) is 62.3 cm³/mol. The smallest absolute Gasteiger partial charge is 0.247 e. The average molecular weight is 248 g/mol. The summed E-state index contributed by atoms with van der Waals surface area (Å²) in [5.74, 6) is 5.87. The molecule has 18 heavy (non-hydrogen) atoms. The molecule has 1 aromatic carbocycles. The summed E-state index contributed by atoms with van der Waals surface area (Å²) < 4.78 is 10.4. The van der Waals surface area contributed by atoms with Gasteiger partial charge in [0.2, 0.25) is 17.7 Å². The maximum Gasteiger partial charge on any atom is 0.247 e. The van der Waals surface area contributed by atoms with Crippen LogP contribution in [0.15, 0.2) is 28.7 Å². The van der Waals surface area contributed by atoms with Crippen LogP contribution in [0.3, 0.4) is 0 Å². The molecule has 0 aliphatic heterocycles. The molecule has 1 heterocycles. The first-order chi connectivity index (χ1) is 8.72. The lowest BCUT2D eigenvalue weighted by molar-refractivity contribution is -0.120. The minimum atomic E-state index is -0.389. The SMILES string of the molecule is COc1ccc(-c2nnc(CC(=O)NN)o2)cc1. The van der Waals surface area contributed by atoms with Crippen LogP contribution in [0.2, 0.25) is 0 Å². The van der Waals surface area contributed by atoms with E-state index in [1.54, 1.807) is 31.4 Å². The Bertz CT molecular complexity index is 535. The maximum atomic E-state index is 11.0. The van der Waals surface area contributed by atoms with Gasteiger partial charge in [-0.1, -0.05) is 0 Å². The Morgan fingerprint density at radius 2 is 2.11 bits per heavy atom. The lowest BCUT2D eigenvalue weighted by Gasteiger charge is -1.99. The van der Waals surface area contributed by atoms with Crippen LogP contribution >= 0.6 is 0 Å². The van der Waals surface area contributed by atoms with Gasteiger partial charge in [-0.25, -0.2) is 5.84 Å². The molecule has 7 nitrogen and oxygen atoms in total. The van der Waals surface area contributed by atoms with E-state index in [-0.39, 0.29) is 18.2 Å². The highest BCUT2D eigenvalue weighted by molar-refractivity contribution is 5.76. The van der Waals surface area contributed by atoms with Gasteiger partial charge in [-0.15, -0.1) is 10.2 Å². The number of rotatable bonds is 4. The quantitative estimate of drug-likeness (QED) is 0.457.